The zero-order valence-corrected chi connectivity index (χ0v) is 15.7. The SMILES string of the molecule is CC(=O)c1c(C)[nH]c(C(=O)C(C)Oc2ccc(S(C)(=O)=O)cc2)c1C. The van der Waals surface area contributed by atoms with Gasteiger partial charge in [-0.3, -0.25) is 9.59 Å². The highest BCUT2D eigenvalue weighted by Crippen LogP contribution is 2.22. The molecule has 134 valence electrons. The monoisotopic (exact) mass is 363 g/mol. The van der Waals surface area contributed by atoms with Gasteiger partial charge in [0.1, 0.15) is 5.75 Å². The van der Waals surface area contributed by atoms with Gasteiger partial charge in [-0.2, -0.15) is 0 Å². The number of nitrogens with one attached hydrogen (secondary N) is 1. The molecule has 0 saturated heterocycles. The Labute approximate surface area is 147 Å². The molecule has 6 nitrogen and oxygen atoms in total. The first-order chi connectivity index (χ1) is 11.5. The van der Waals surface area contributed by atoms with Crippen molar-refractivity contribution >= 4 is 21.4 Å². The standard InChI is InChI=1S/C18H21NO5S/c1-10-16(12(3)20)11(2)19-17(10)18(21)13(4)24-14-6-8-15(9-7-14)25(5,22)23/h6-9,13,19H,1-5H3. The number of hydrogen-bond acceptors (Lipinski definition) is 5. The third-order valence-electron chi connectivity index (χ3n) is 3.97. The van der Waals surface area contributed by atoms with Gasteiger partial charge >= 0.3 is 0 Å². The van der Waals surface area contributed by atoms with Gasteiger partial charge in [0, 0.05) is 17.5 Å². The molecule has 1 aromatic heterocycles. The number of hydrogen-bond donors (Lipinski definition) is 1. The Morgan fingerprint density at radius 1 is 1.12 bits per heavy atom. The van der Waals surface area contributed by atoms with Crippen LogP contribution in [0, 0.1) is 13.8 Å². The molecule has 25 heavy (non-hydrogen) atoms. The van der Waals surface area contributed by atoms with E-state index >= 15 is 0 Å². The molecule has 7 heteroatoms. The molecule has 0 aliphatic carbocycles. The van der Waals surface area contributed by atoms with E-state index in [0.717, 1.165) is 6.26 Å². The van der Waals surface area contributed by atoms with Crippen LogP contribution in [0.25, 0.3) is 0 Å². The van der Waals surface area contributed by atoms with E-state index in [4.69, 9.17) is 4.74 Å². The predicted molar refractivity (Wildman–Crippen MR) is 94.2 cm³/mol. The van der Waals surface area contributed by atoms with Crippen LogP contribution in [0.5, 0.6) is 5.75 Å². The van der Waals surface area contributed by atoms with Gasteiger partial charge in [-0.05, 0) is 57.5 Å². The summed E-state index contributed by atoms with van der Waals surface area (Å²) in [7, 11) is -3.28. The number of H-pyrrole nitrogens is 1. The Morgan fingerprint density at radius 3 is 2.12 bits per heavy atom. The largest absolute Gasteiger partial charge is 0.483 e. The fourth-order valence-corrected chi connectivity index (χ4v) is 3.38. The summed E-state index contributed by atoms with van der Waals surface area (Å²) in [4.78, 5) is 27.4. The summed E-state index contributed by atoms with van der Waals surface area (Å²) < 4.78 is 28.5. The lowest BCUT2D eigenvalue weighted by Crippen LogP contribution is -2.25. The number of ether oxygens (including phenoxy) is 1. The number of carbonyl (C=O) groups is 2. The predicted octanol–water partition coefficient (Wildman–Crippen LogP) is 2.89. The van der Waals surface area contributed by atoms with Crippen LogP contribution in [0.15, 0.2) is 29.2 Å². The van der Waals surface area contributed by atoms with Crippen LogP contribution in [-0.2, 0) is 9.84 Å². The Bertz CT molecular complexity index is 923. The second-order valence-electron chi connectivity index (χ2n) is 6.05. The van der Waals surface area contributed by atoms with E-state index in [0.29, 0.717) is 28.3 Å². The van der Waals surface area contributed by atoms with Crippen LogP contribution in [0.1, 0.15) is 46.0 Å². The number of aromatic nitrogens is 1. The number of ketones is 2. The summed E-state index contributed by atoms with van der Waals surface area (Å²) >= 11 is 0. The Morgan fingerprint density at radius 2 is 1.68 bits per heavy atom. The zero-order valence-electron chi connectivity index (χ0n) is 14.8. The van der Waals surface area contributed by atoms with E-state index in [1.54, 1.807) is 20.8 Å². The first kappa shape index (κ1) is 18.9. The molecule has 0 amide bonds. The Kier molecular flexibility index (Phi) is 5.17. The van der Waals surface area contributed by atoms with Gasteiger partial charge in [0.2, 0.25) is 5.78 Å². The summed E-state index contributed by atoms with van der Waals surface area (Å²) in [6.07, 6.45) is 0.332. The Hall–Kier alpha value is -2.41. The van der Waals surface area contributed by atoms with Crippen molar-refractivity contribution in [2.75, 3.05) is 6.26 Å². The third-order valence-corrected chi connectivity index (χ3v) is 5.10. The molecule has 1 aromatic carbocycles. The summed E-state index contributed by atoms with van der Waals surface area (Å²) in [5, 5.41) is 0. The third kappa shape index (κ3) is 3.99. The highest BCUT2D eigenvalue weighted by molar-refractivity contribution is 7.90. The van der Waals surface area contributed by atoms with Crippen LogP contribution in [0.3, 0.4) is 0 Å². The van der Waals surface area contributed by atoms with Gasteiger partial charge in [0.25, 0.3) is 0 Å². The quantitative estimate of drug-likeness (QED) is 0.797. The number of carbonyl (C=O) groups excluding carboxylic acids is 2. The van der Waals surface area contributed by atoms with Gasteiger partial charge in [0.15, 0.2) is 21.7 Å². The van der Waals surface area contributed by atoms with Gasteiger partial charge < -0.3 is 9.72 Å². The van der Waals surface area contributed by atoms with Crippen LogP contribution in [-0.4, -0.2) is 37.3 Å². The van der Waals surface area contributed by atoms with E-state index in [9.17, 15) is 18.0 Å². The first-order valence-corrected chi connectivity index (χ1v) is 9.62. The van der Waals surface area contributed by atoms with Crippen LogP contribution in [0.4, 0.5) is 0 Å². The molecule has 1 atom stereocenters. The van der Waals surface area contributed by atoms with Crippen molar-refractivity contribution < 1.29 is 22.7 Å². The van der Waals surface area contributed by atoms with Crippen molar-refractivity contribution in [1.82, 2.24) is 4.98 Å². The normalized spacial score (nSPS) is 12.7. The summed E-state index contributed by atoms with van der Waals surface area (Å²) in [5.41, 5.74) is 2.13. The van der Waals surface area contributed by atoms with Crippen molar-refractivity contribution in [3.05, 3.63) is 46.8 Å². The molecular weight excluding hydrogens is 342 g/mol. The smallest absolute Gasteiger partial charge is 0.219 e. The molecule has 0 radical (unpaired) electrons. The summed E-state index contributed by atoms with van der Waals surface area (Å²) in [5.74, 6) is 0.0106. The molecular formula is C18H21NO5S. The molecule has 1 heterocycles. The minimum atomic E-state index is -3.28. The van der Waals surface area contributed by atoms with Crippen molar-refractivity contribution in [2.45, 2.75) is 38.7 Å². The second-order valence-corrected chi connectivity index (χ2v) is 8.06. The highest BCUT2D eigenvalue weighted by atomic mass is 32.2. The minimum absolute atomic E-state index is 0.102. The maximum absolute atomic E-state index is 12.6. The molecule has 0 aliphatic rings. The lowest BCUT2D eigenvalue weighted by Gasteiger charge is -2.14. The van der Waals surface area contributed by atoms with Gasteiger partial charge in [0.05, 0.1) is 10.6 Å². The summed E-state index contributed by atoms with van der Waals surface area (Å²) in [6, 6.07) is 5.88. The van der Waals surface area contributed by atoms with Crippen molar-refractivity contribution in [3.63, 3.8) is 0 Å². The maximum Gasteiger partial charge on any atom is 0.219 e. The highest BCUT2D eigenvalue weighted by Gasteiger charge is 2.24. The maximum atomic E-state index is 12.6. The molecule has 0 fully saturated rings. The molecule has 1 N–H and O–H groups in total. The number of benzene rings is 1. The molecule has 1 unspecified atom stereocenters. The first-order valence-electron chi connectivity index (χ1n) is 7.73. The van der Waals surface area contributed by atoms with Gasteiger partial charge in [-0.15, -0.1) is 0 Å². The fourth-order valence-electron chi connectivity index (χ4n) is 2.75. The number of Topliss-reactive ketones (excluding diaryl/α,β-unsaturated/α-hetero) is 2. The van der Waals surface area contributed by atoms with Crippen LogP contribution >= 0.6 is 0 Å². The van der Waals surface area contributed by atoms with Gasteiger partial charge in [-0.25, -0.2) is 8.42 Å². The topological polar surface area (TPSA) is 93.3 Å². The van der Waals surface area contributed by atoms with Crippen molar-refractivity contribution in [3.8, 4) is 5.75 Å². The molecule has 0 aliphatic heterocycles. The number of sulfone groups is 1. The average molecular weight is 363 g/mol. The molecule has 2 aromatic rings. The number of aromatic amines is 1. The number of rotatable bonds is 6. The lowest BCUT2D eigenvalue weighted by atomic mass is 10.0. The summed E-state index contributed by atoms with van der Waals surface area (Å²) in [6.45, 7) is 6.54. The molecule has 0 saturated carbocycles. The van der Waals surface area contributed by atoms with E-state index in [2.05, 4.69) is 4.98 Å². The number of aryl methyl sites for hydroxylation is 1. The van der Waals surface area contributed by atoms with Gasteiger partial charge in [-0.1, -0.05) is 0 Å². The van der Waals surface area contributed by atoms with Crippen molar-refractivity contribution in [2.24, 2.45) is 0 Å². The fraction of sp³-hybridized carbons (Fsp3) is 0.333. The van der Waals surface area contributed by atoms with E-state index in [1.807, 2.05) is 0 Å². The van der Waals surface area contributed by atoms with Crippen molar-refractivity contribution in [1.29, 1.82) is 0 Å². The van der Waals surface area contributed by atoms with Crippen LogP contribution in [0.2, 0.25) is 0 Å². The van der Waals surface area contributed by atoms with E-state index in [1.165, 1.54) is 31.2 Å². The minimum Gasteiger partial charge on any atom is -0.483 e. The van der Waals surface area contributed by atoms with Crippen LogP contribution < -0.4 is 4.74 Å². The zero-order chi connectivity index (χ0) is 18.9. The molecule has 2 rings (SSSR count). The lowest BCUT2D eigenvalue weighted by molar-refractivity contribution is 0.0812. The molecule has 0 bridgehead atoms. The second kappa shape index (κ2) is 6.84. The average Bonchev–Trinajstić information content (AvgIpc) is 2.80. The van der Waals surface area contributed by atoms with E-state index < -0.39 is 15.9 Å². The van der Waals surface area contributed by atoms with E-state index in [-0.39, 0.29) is 16.5 Å². The molecule has 0 spiro atoms. The Balaban J connectivity index is 2.21.